The van der Waals surface area contributed by atoms with E-state index >= 15 is 0 Å². The molecule has 102 valence electrons. The fourth-order valence-corrected chi connectivity index (χ4v) is 3.31. The minimum Gasteiger partial charge on any atom is -0.310 e. The molecule has 0 radical (unpaired) electrons. The Morgan fingerprint density at radius 1 is 1.50 bits per heavy atom. The van der Waals surface area contributed by atoms with Crippen LogP contribution in [0.25, 0.3) is 0 Å². The van der Waals surface area contributed by atoms with Gasteiger partial charge in [0.2, 0.25) is 0 Å². The van der Waals surface area contributed by atoms with Gasteiger partial charge >= 0.3 is 0 Å². The van der Waals surface area contributed by atoms with Crippen LogP contribution in [-0.2, 0) is 13.6 Å². The number of nitrogens with one attached hydrogen (secondary N) is 1. The summed E-state index contributed by atoms with van der Waals surface area (Å²) in [5.41, 5.74) is 3.00. The molecule has 0 bridgehead atoms. The highest BCUT2D eigenvalue weighted by Crippen LogP contribution is 2.38. The average molecular weight is 249 g/mol. The summed E-state index contributed by atoms with van der Waals surface area (Å²) in [5, 5.41) is 8.12. The Hall–Kier alpha value is -0.830. The Morgan fingerprint density at radius 3 is 2.78 bits per heavy atom. The maximum Gasteiger partial charge on any atom is 0.0638 e. The van der Waals surface area contributed by atoms with Crippen molar-refractivity contribution >= 4 is 0 Å². The third kappa shape index (κ3) is 3.14. The van der Waals surface area contributed by atoms with E-state index in [0.29, 0.717) is 11.5 Å². The Balaban J connectivity index is 1.89. The Morgan fingerprint density at radius 2 is 2.22 bits per heavy atom. The number of rotatable bonds is 3. The third-order valence-corrected chi connectivity index (χ3v) is 4.36. The van der Waals surface area contributed by atoms with Gasteiger partial charge in [-0.05, 0) is 37.5 Å². The molecule has 3 heteroatoms. The number of hydrogen-bond acceptors (Lipinski definition) is 2. The molecule has 1 fully saturated rings. The zero-order valence-electron chi connectivity index (χ0n) is 12.5. The molecule has 1 aliphatic rings. The fourth-order valence-electron chi connectivity index (χ4n) is 3.31. The van der Waals surface area contributed by atoms with Crippen LogP contribution in [0.5, 0.6) is 0 Å². The standard InChI is InChI=1S/C15H27N3/c1-11-8-15(3,4)7-6-14(11)16-9-13-10-18(5)17-12(13)2/h10-11,14,16H,6-9H2,1-5H3. The summed E-state index contributed by atoms with van der Waals surface area (Å²) < 4.78 is 1.90. The van der Waals surface area contributed by atoms with Crippen molar-refractivity contribution < 1.29 is 0 Å². The molecule has 1 aromatic heterocycles. The summed E-state index contributed by atoms with van der Waals surface area (Å²) in [4.78, 5) is 0. The summed E-state index contributed by atoms with van der Waals surface area (Å²) in [6.07, 6.45) is 6.09. The van der Waals surface area contributed by atoms with E-state index < -0.39 is 0 Å². The first-order chi connectivity index (χ1) is 8.37. The van der Waals surface area contributed by atoms with Gasteiger partial charge < -0.3 is 5.32 Å². The lowest BCUT2D eigenvalue weighted by Crippen LogP contribution is -2.41. The Kier molecular flexibility index (Phi) is 3.81. The van der Waals surface area contributed by atoms with Gasteiger partial charge in [0.1, 0.15) is 0 Å². The molecular weight excluding hydrogens is 222 g/mol. The minimum atomic E-state index is 0.530. The summed E-state index contributed by atoms with van der Waals surface area (Å²) in [7, 11) is 1.99. The van der Waals surface area contributed by atoms with Crippen molar-refractivity contribution in [1.29, 1.82) is 0 Å². The molecule has 2 unspecified atom stereocenters. The molecule has 1 aromatic rings. The molecule has 1 N–H and O–H groups in total. The lowest BCUT2D eigenvalue weighted by Gasteiger charge is -2.39. The van der Waals surface area contributed by atoms with Crippen LogP contribution in [0, 0.1) is 18.3 Å². The van der Waals surface area contributed by atoms with Gasteiger partial charge in [0.25, 0.3) is 0 Å². The van der Waals surface area contributed by atoms with Gasteiger partial charge in [-0.15, -0.1) is 0 Å². The van der Waals surface area contributed by atoms with Gasteiger partial charge in [-0.1, -0.05) is 20.8 Å². The maximum atomic E-state index is 4.39. The van der Waals surface area contributed by atoms with E-state index in [1.54, 1.807) is 0 Å². The molecule has 2 atom stereocenters. The predicted octanol–water partition coefficient (Wildman–Crippen LogP) is 3.03. The van der Waals surface area contributed by atoms with Gasteiger partial charge in [0, 0.05) is 31.4 Å². The molecule has 18 heavy (non-hydrogen) atoms. The number of aryl methyl sites for hydroxylation is 2. The van der Waals surface area contributed by atoms with Crippen molar-refractivity contribution in [3.05, 3.63) is 17.5 Å². The van der Waals surface area contributed by atoms with E-state index in [9.17, 15) is 0 Å². The molecule has 2 rings (SSSR count). The first kappa shape index (κ1) is 13.6. The topological polar surface area (TPSA) is 29.9 Å². The highest BCUT2D eigenvalue weighted by molar-refractivity contribution is 5.15. The normalized spacial score (nSPS) is 27.4. The zero-order valence-corrected chi connectivity index (χ0v) is 12.5. The highest BCUT2D eigenvalue weighted by Gasteiger charge is 2.31. The van der Waals surface area contributed by atoms with Crippen LogP contribution >= 0.6 is 0 Å². The summed E-state index contributed by atoms with van der Waals surface area (Å²) >= 11 is 0. The molecular formula is C15H27N3. The quantitative estimate of drug-likeness (QED) is 0.892. The molecule has 3 nitrogen and oxygen atoms in total. The highest BCUT2D eigenvalue weighted by atomic mass is 15.2. The van der Waals surface area contributed by atoms with Gasteiger partial charge in [0.15, 0.2) is 0 Å². The van der Waals surface area contributed by atoms with E-state index in [1.165, 1.54) is 24.8 Å². The van der Waals surface area contributed by atoms with E-state index in [2.05, 4.69) is 44.3 Å². The SMILES string of the molecule is Cc1nn(C)cc1CNC1CCC(C)(C)CC1C. The molecule has 1 aliphatic carbocycles. The molecule has 0 aliphatic heterocycles. The maximum absolute atomic E-state index is 4.39. The van der Waals surface area contributed by atoms with Crippen molar-refractivity contribution in [2.45, 2.75) is 59.5 Å². The lowest BCUT2D eigenvalue weighted by molar-refractivity contribution is 0.148. The van der Waals surface area contributed by atoms with E-state index in [-0.39, 0.29) is 0 Å². The van der Waals surface area contributed by atoms with Crippen molar-refractivity contribution in [2.24, 2.45) is 18.4 Å². The van der Waals surface area contributed by atoms with Crippen molar-refractivity contribution in [2.75, 3.05) is 0 Å². The Labute approximate surface area is 111 Å². The number of aromatic nitrogens is 2. The first-order valence-electron chi connectivity index (χ1n) is 7.10. The third-order valence-electron chi connectivity index (χ3n) is 4.36. The first-order valence-corrected chi connectivity index (χ1v) is 7.10. The van der Waals surface area contributed by atoms with Crippen LogP contribution in [0.3, 0.4) is 0 Å². The van der Waals surface area contributed by atoms with Gasteiger partial charge in [0.05, 0.1) is 5.69 Å². The second kappa shape index (κ2) is 5.04. The van der Waals surface area contributed by atoms with E-state index in [4.69, 9.17) is 0 Å². The molecule has 1 saturated carbocycles. The van der Waals surface area contributed by atoms with Crippen LogP contribution in [0.1, 0.15) is 51.3 Å². The summed E-state index contributed by atoms with van der Waals surface area (Å²) in [6.45, 7) is 10.2. The van der Waals surface area contributed by atoms with Crippen LogP contribution in [0.2, 0.25) is 0 Å². The second-order valence-electron chi connectivity index (χ2n) is 6.79. The monoisotopic (exact) mass is 249 g/mol. The van der Waals surface area contributed by atoms with Crippen molar-refractivity contribution in [1.82, 2.24) is 15.1 Å². The van der Waals surface area contributed by atoms with Crippen molar-refractivity contribution in [3.63, 3.8) is 0 Å². The van der Waals surface area contributed by atoms with E-state index in [0.717, 1.165) is 18.2 Å². The van der Waals surface area contributed by atoms with E-state index in [1.807, 2.05) is 11.7 Å². The van der Waals surface area contributed by atoms with Gasteiger partial charge in [-0.3, -0.25) is 4.68 Å². The summed E-state index contributed by atoms with van der Waals surface area (Å²) in [5.74, 6) is 0.769. The number of hydrogen-bond donors (Lipinski definition) is 1. The largest absolute Gasteiger partial charge is 0.310 e. The van der Waals surface area contributed by atoms with Gasteiger partial charge in [-0.2, -0.15) is 5.10 Å². The van der Waals surface area contributed by atoms with Crippen molar-refractivity contribution in [3.8, 4) is 0 Å². The Bertz CT molecular complexity index is 406. The predicted molar refractivity (Wildman–Crippen MR) is 75.4 cm³/mol. The van der Waals surface area contributed by atoms with Crippen LogP contribution in [-0.4, -0.2) is 15.8 Å². The molecule has 1 heterocycles. The minimum absolute atomic E-state index is 0.530. The molecule has 0 spiro atoms. The smallest absolute Gasteiger partial charge is 0.0638 e. The molecule has 0 aromatic carbocycles. The average Bonchev–Trinajstić information content (AvgIpc) is 2.55. The fraction of sp³-hybridized carbons (Fsp3) is 0.800. The molecule has 0 amide bonds. The summed E-state index contributed by atoms with van der Waals surface area (Å²) in [6, 6.07) is 0.664. The molecule has 0 saturated heterocycles. The van der Waals surface area contributed by atoms with Gasteiger partial charge in [-0.25, -0.2) is 0 Å². The second-order valence-corrected chi connectivity index (χ2v) is 6.79. The number of nitrogens with zero attached hydrogens (tertiary/aromatic N) is 2. The van der Waals surface area contributed by atoms with Crippen LogP contribution in [0.15, 0.2) is 6.20 Å². The van der Waals surface area contributed by atoms with Crippen LogP contribution in [0.4, 0.5) is 0 Å². The lowest BCUT2D eigenvalue weighted by atomic mass is 9.70. The van der Waals surface area contributed by atoms with Crippen LogP contribution < -0.4 is 5.32 Å². The zero-order chi connectivity index (χ0) is 13.3.